The van der Waals surface area contributed by atoms with E-state index in [1.807, 2.05) is 29.0 Å². The highest BCUT2D eigenvalue weighted by Crippen LogP contribution is 2.22. The first-order chi connectivity index (χ1) is 10.0. The number of hydrogen-bond donors (Lipinski definition) is 0. The maximum absolute atomic E-state index is 5.58. The molecule has 3 aromatic heterocycles. The summed E-state index contributed by atoms with van der Waals surface area (Å²) in [6.07, 6.45) is 7.16. The lowest BCUT2D eigenvalue weighted by Crippen LogP contribution is -2.12. The third kappa shape index (κ3) is 2.86. The molecule has 0 aromatic carbocycles. The monoisotopic (exact) mass is 282 g/mol. The number of hydrogen-bond acceptors (Lipinski definition) is 4. The van der Waals surface area contributed by atoms with Crippen LogP contribution in [0, 0.1) is 0 Å². The van der Waals surface area contributed by atoms with Crippen LogP contribution in [0.25, 0.3) is 11.5 Å². The average Bonchev–Trinajstić information content (AvgIpc) is 3.09. The number of aromatic nitrogens is 4. The molecule has 0 radical (unpaired) electrons. The summed E-state index contributed by atoms with van der Waals surface area (Å²) >= 11 is 0. The van der Waals surface area contributed by atoms with E-state index < -0.39 is 0 Å². The zero-order valence-electron chi connectivity index (χ0n) is 12.4. The maximum Gasteiger partial charge on any atom is 0.214 e. The van der Waals surface area contributed by atoms with Crippen LogP contribution in [-0.2, 0) is 12.0 Å². The van der Waals surface area contributed by atoms with Crippen LogP contribution >= 0.6 is 0 Å². The van der Waals surface area contributed by atoms with Gasteiger partial charge in [-0.3, -0.25) is 4.98 Å². The molecule has 0 N–H and O–H groups in total. The summed E-state index contributed by atoms with van der Waals surface area (Å²) in [5, 5.41) is 0. The molecule has 3 rings (SSSR count). The molecule has 21 heavy (non-hydrogen) atoms. The number of nitrogens with zero attached hydrogens (tertiary/aromatic N) is 4. The Bertz CT molecular complexity index is 722. The fourth-order valence-electron chi connectivity index (χ4n) is 2.04. The van der Waals surface area contributed by atoms with Crippen molar-refractivity contribution in [2.45, 2.75) is 32.7 Å². The molecule has 0 bridgehead atoms. The Hall–Kier alpha value is -2.43. The van der Waals surface area contributed by atoms with Crippen LogP contribution in [0.3, 0.4) is 0 Å². The first kappa shape index (κ1) is 13.5. The van der Waals surface area contributed by atoms with Gasteiger partial charge in [0, 0.05) is 24.0 Å². The zero-order valence-corrected chi connectivity index (χ0v) is 12.4. The van der Waals surface area contributed by atoms with Crippen molar-refractivity contribution in [3.05, 3.63) is 54.6 Å². The maximum atomic E-state index is 5.58. The lowest BCUT2D eigenvalue weighted by molar-refractivity contribution is 0.477. The molecule has 3 heterocycles. The summed E-state index contributed by atoms with van der Waals surface area (Å²) in [5.74, 6) is 1.49. The van der Waals surface area contributed by atoms with Crippen LogP contribution in [0.2, 0.25) is 0 Å². The Morgan fingerprint density at radius 3 is 2.67 bits per heavy atom. The normalized spacial score (nSPS) is 11.8. The third-order valence-corrected chi connectivity index (χ3v) is 3.24. The fourth-order valence-corrected chi connectivity index (χ4v) is 2.04. The highest BCUT2D eigenvalue weighted by molar-refractivity contribution is 5.49. The molecule has 0 aliphatic rings. The van der Waals surface area contributed by atoms with Gasteiger partial charge in [-0.1, -0.05) is 26.8 Å². The number of imidazole rings is 1. The Morgan fingerprint density at radius 1 is 1.14 bits per heavy atom. The van der Waals surface area contributed by atoms with Gasteiger partial charge in [0.2, 0.25) is 5.89 Å². The van der Waals surface area contributed by atoms with E-state index in [1.54, 1.807) is 18.7 Å². The Morgan fingerprint density at radius 2 is 2.00 bits per heavy atom. The van der Waals surface area contributed by atoms with Gasteiger partial charge in [-0.05, 0) is 12.1 Å². The number of pyridine rings is 1. The average molecular weight is 282 g/mol. The van der Waals surface area contributed by atoms with Gasteiger partial charge in [-0.25, -0.2) is 9.97 Å². The van der Waals surface area contributed by atoms with Gasteiger partial charge in [-0.15, -0.1) is 0 Å². The lowest BCUT2D eigenvalue weighted by atomic mass is 9.93. The molecular weight excluding hydrogens is 264 g/mol. The van der Waals surface area contributed by atoms with Crippen molar-refractivity contribution in [1.82, 2.24) is 19.5 Å². The molecule has 0 amide bonds. The molecule has 0 unspecified atom stereocenters. The van der Waals surface area contributed by atoms with Gasteiger partial charge in [0.1, 0.15) is 18.5 Å². The van der Waals surface area contributed by atoms with E-state index in [-0.39, 0.29) is 5.41 Å². The minimum Gasteiger partial charge on any atom is -0.447 e. The molecule has 0 spiro atoms. The highest BCUT2D eigenvalue weighted by atomic mass is 16.3. The van der Waals surface area contributed by atoms with Gasteiger partial charge < -0.3 is 8.98 Å². The van der Waals surface area contributed by atoms with Crippen LogP contribution in [-0.4, -0.2) is 19.5 Å². The highest BCUT2D eigenvalue weighted by Gasteiger charge is 2.19. The van der Waals surface area contributed by atoms with Gasteiger partial charge in [-0.2, -0.15) is 0 Å². The molecule has 0 fully saturated rings. The Balaban J connectivity index is 1.87. The third-order valence-electron chi connectivity index (χ3n) is 3.24. The quantitative estimate of drug-likeness (QED) is 0.739. The SMILES string of the molecule is CC(C)(C)c1coc(Cn2ccnc2-c2ccccn2)n1. The van der Waals surface area contributed by atoms with Crippen LogP contribution < -0.4 is 0 Å². The molecule has 3 aromatic rings. The molecular formula is C16H18N4O. The molecule has 0 aliphatic carbocycles. The van der Waals surface area contributed by atoms with Crippen LogP contribution in [0.1, 0.15) is 32.4 Å². The van der Waals surface area contributed by atoms with Crippen molar-refractivity contribution in [2.24, 2.45) is 0 Å². The van der Waals surface area contributed by atoms with E-state index in [4.69, 9.17) is 4.42 Å². The first-order valence-corrected chi connectivity index (χ1v) is 6.91. The van der Waals surface area contributed by atoms with E-state index in [0.29, 0.717) is 12.4 Å². The van der Waals surface area contributed by atoms with E-state index >= 15 is 0 Å². The summed E-state index contributed by atoms with van der Waals surface area (Å²) in [7, 11) is 0. The molecule has 108 valence electrons. The van der Waals surface area contributed by atoms with Gasteiger partial charge in [0.15, 0.2) is 5.82 Å². The summed E-state index contributed by atoms with van der Waals surface area (Å²) < 4.78 is 7.56. The number of oxazole rings is 1. The molecule has 0 saturated carbocycles. The standard InChI is InChI=1S/C16H18N4O/c1-16(2,3)13-11-21-14(19-13)10-20-9-8-18-15(20)12-6-4-5-7-17-12/h4-9,11H,10H2,1-3H3. The molecule has 0 atom stereocenters. The smallest absolute Gasteiger partial charge is 0.214 e. The predicted octanol–water partition coefficient (Wildman–Crippen LogP) is 3.28. The molecule has 0 saturated heterocycles. The fraction of sp³-hybridized carbons (Fsp3) is 0.312. The van der Waals surface area contributed by atoms with Gasteiger partial charge in [0.05, 0.1) is 5.69 Å². The van der Waals surface area contributed by atoms with Crippen LogP contribution in [0.4, 0.5) is 0 Å². The van der Waals surface area contributed by atoms with E-state index in [9.17, 15) is 0 Å². The Kier molecular flexibility index (Phi) is 3.33. The first-order valence-electron chi connectivity index (χ1n) is 6.91. The molecule has 0 aliphatic heterocycles. The van der Waals surface area contributed by atoms with Crippen molar-refractivity contribution in [3.63, 3.8) is 0 Å². The van der Waals surface area contributed by atoms with Crippen molar-refractivity contribution >= 4 is 0 Å². The second-order valence-electron chi connectivity index (χ2n) is 5.97. The van der Waals surface area contributed by atoms with E-state index in [2.05, 4.69) is 35.7 Å². The Labute approximate surface area is 123 Å². The van der Waals surface area contributed by atoms with Crippen molar-refractivity contribution in [3.8, 4) is 11.5 Å². The second-order valence-corrected chi connectivity index (χ2v) is 5.97. The minimum absolute atomic E-state index is 0.0134. The van der Waals surface area contributed by atoms with Crippen molar-refractivity contribution in [2.75, 3.05) is 0 Å². The van der Waals surface area contributed by atoms with Crippen molar-refractivity contribution < 1.29 is 4.42 Å². The lowest BCUT2D eigenvalue weighted by Gasteiger charge is -2.13. The van der Waals surface area contributed by atoms with Crippen LogP contribution in [0.15, 0.2) is 47.5 Å². The minimum atomic E-state index is -0.0134. The largest absolute Gasteiger partial charge is 0.447 e. The summed E-state index contributed by atoms with van der Waals surface area (Å²) in [6.45, 7) is 6.89. The van der Waals surface area contributed by atoms with Crippen molar-refractivity contribution in [1.29, 1.82) is 0 Å². The zero-order chi connectivity index (χ0) is 14.9. The summed E-state index contributed by atoms with van der Waals surface area (Å²) in [5.41, 5.74) is 1.78. The van der Waals surface area contributed by atoms with Gasteiger partial charge >= 0.3 is 0 Å². The molecule has 5 heteroatoms. The van der Waals surface area contributed by atoms with E-state index in [0.717, 1.165) is 17.2 Å². The molecule has 5 nitrogen and oxygen atoms in total. The topological polar surface area (TPSA) is 56.7 Å². The van der Waals surface area contributed by atoms with Crippen LogP contribution in [0.5, 0.6) is 0 Å². The van der Waals surface area contributed by atoms with Gasteiger partial charge in [0.25, 0.3) is 0 Å². The second kappa shape index (κ2) is 5.16. The predicted molar refractivity (Wildman–Crippen MR) is 79.8 cm³/mol. The summed E-state index contributed by atoms with van der Waals surface area (Å²) in [6, 6.07) is 5.78. The number of rotatable bonds is 3. The summed E-state index contributed by atoms with van der Waals surface area (Å²) in [4.78, 5) is 13.3. The van der Waals surface area contributed by atoms with E-state index in [1.165, 1.54) is 0 Å².